The van der Waals surface area contributed by atoms with E-state index in [1.807, 2.05) is 19.1 Å². The molecule has 2 rings (SSSR count). The zero-order valence-electron chi connectivity index (χ0n) is 8.83. The number of hydrogen-bond donors (Lipinski definition) is 1. The summed E-state index contributed by atoms with van der Waals surface area (Å²) in [7, 11) is 0. The van der Waals surface area contributed by atoms with Gasteiger partial charge in [-0.15, -0.1) is 11.3 Å². The van der Waals surface area contributed by atoms with Crippen molar-refractivity contribution in [3.63, 3.8) is 0 Å². The molecule has 0 aliphatic heterocycles. The third kappa shape index (κ3) is 3.14. The Morgan fingerprint density at radius 3 is 2.76 bits per heavy atom. The SMILES string of the molecule is Cc1ccnc(NC(=O)c2cc(Br)c(Br)s2)c1. The van der Waals surface area contributed by atoms with Gasteiger partial charge in [-0.3, -0.25) is 4.79 Å². The molecule has 2 aromatic heterocycles. The maximum absolute atomic E-state index is 11.9. The number of carbonyl (C=O) groups excluding carboxylic acids is 1. The van der Waals surface area contributed by atoms with Crippen molar-refractivity contribution in [3.05, 3.63) is 43.1 Å². The fourth-order valence-electron chi connectivity index (χ4n) is 1.24. The van der Waals surface area contributed by atoms with E-state index in [0.29, 0.717) is 10.7 Å². The van der Waals surface area contributed by atoms with Crippen LogP contribution in [0.1, 0.15) is 15.2 Å². The molecule has 2 aromatic rings. The first kappa shape index (κ1) is 12.7. The number of halogens is 2. The summed E-state index contributed by atoms with van der Waals surface area (Å²) in [6.07, 6.45) is 1.67. The molecule has 0 saturated heterocycles. The number of anilines is 1. The molecule has 0 aromatic carbocycles. The smallest absolute Gasteiger partial charge is 0.266 e. The van der Waals surface area contributed by atoms with Gasteiger partial charge in [0.1, 0.15) is 5.82 Å². The first-order chi connectivity index (χ1) is 8.06. The molecule has 88 valence electrons. The third-order valence-corrected chi connectivity index (χ3v) is 5.28. The summed E-state index contributed by atoms with van der Waals surface area (Å²) in [6, 6.07) is 5.49. The maximum Gasteiger partial charge on any atom is 0.266 e. The Morgan fingerprint density at radius 2 is 2.18 bits per heavy atom. The van der Waals surface area contributed by atoms with Crippen molar-refractivity contribution >= 4 is 54.9 Å². The number of thiophene rings is 1. The Kier molecular flexibility index (Phi) is 3.96. The quantitative estimate of drug-likeness (QED) is 0.853. The summed E-state index contributed by atoms with van der Waals surface area (Å²) in [6.45, 7) is 1.95. The Hall–Kier alpha value is -0.720. The molecule has 17 heavy (non-hydrogen) atoms. The lowest BCUT2D eigenvalue weighted by Gasteiger charge is -2.02. The van der Waals surface area contributed by atoms with Crippen molar-refractivity contribution in [1.29, 1.82) is 0 Å². The molecule has 0 spiro atoms. The predicted octanol–water partition coefficient (Wildman–Crippen LogP) is 4.23. The van der Waals surface area contributed by atoms with Crippen molar-refractivity contribution in [2.24, 2.45) is 0 Å². The number of rotatable bonds is 2. The van der Waals surface area contributed by atoms with E-state index in [1.165, 1.54) is 11.3 Å². The van der Waals surface area contributed by atoms with Crippen LogP contribution in [0.3, 0.4) is 0 Å². The highest BCUT2D eigenvalue weighted by Gasteiger charge is 2.12. The van der Waals surface area contributed by atoms with Crippen molar-refractivity contribution in [2.45, 2.75) is 6.92 Å². The highest BCUT2D eigenvalue weighted by molar-refractivity contribution is 9.13. The van der Waals surface area contributed by atoms with E-state index >= 15 is 0 Å². The molecule has 0 atom stereocenters. The van der Waals surface area contributed by atoms with Gasteiger partial charge in [0.05, 0.1) is 8.66 Å². The van der Waals surface area contributed by atoms with Gasteiger partial charge in [0, 0.05) is 10.7 Å². The van der Waals surface area contributed by atoms with Gasteiger partial charge < -0.3 is 5.32 Å². The Balaban J connectivity index is 2.17. The van der Waals surface area contributed by atoms with E-state index in [2.05, 4.69) is 42.2 Å². The average molecular weight is 376 g/mol. The third-order valence-electron chi connectivity index (χ3n) is 2.03. The van der Waals surface area contributed by atoms with Crippen molar-refractivity contribution < 1.29 is 4.79 Å². The monoisotopic (exact) mass is 374 g/mol. The molecule has 1 amide bonds. The molecule has 6 heteroatoms. The van der Waals surface area contributed by atoms with Crippen LogP contribution < -0.4 is 5.32 Å². The van der Waals surface area contributed by atoms with Crippen LogP contribution in [0, 0.1) is 6.92 Å². The second-order valence-electron chi connectivity index (χ2n) is 3.40. The van der Waals surface area contributed by atoms with Gasteiger partial charge in [0.2, 0.25) is 0 Å². The fraction of sp³-hybridized carbons (Fsp3) is 0.0909. The summed E-state index contributed by atoms with van der Waals surface area (Å²) in [5.41, 5.74) is 1.06. The Bertz CT molecular complexity index is 549. The minimum Gasteiger partial charge on any atom is -0.306 e. The zero-order chi connectivity index (χ0) is 12.4. The number of nitrogens with one attached hydrogen (secondary N) is 1. The number of aryl methyl sites for hydroxylation is 1. The molecule has 2 heterocycles. The van der Waals surface area contributed by atoms with Crippen LogP contribution in [-0.2, 0) is 0 Å². The summed E-state index contributed by atoms with van der Waals surface area (Å²) >= 11 is 8.08. The molecule has 0 unspecified atom stereocenters. The van der Waals surface area contributed by atoms with E-state index in [0.717, 1.165) is 13.8 Å². The van der Waals surface area contributed by atoms with Crippen LogP contribution in [-0.4, -0.2) is 10.9 Å². The molecule has 0 fully saturated rings. The van der Waals surface area contributed by atoms with E-state index in [4.69, 9.17) is 0 Å². The largest absolute Gasteiger partial charge is 0.306 e. The summed E-state index contributed by atoms with van der Waals surface area (Å²) in [5.74, 6) is 0.412. The lowest BCUT2D eigenvalue weighted by atomic mass is 10.3. The molecule has 3 nitrogen and oxygen atoms in total. The van der Waals surface area contributed by atoms with E-state index in [-0.39, 0.29) is 5.91 Å². The number of amides is 1. The Morgan fingerprint density at radius 1 is 1.41 bits per heavy atom. The molecule has 0 aliphatic rings. The molecule has 1 N–H and O–H groups in total. The number of pyridine rings is 1. The summed E-state index contributed by atoms with van der Waals surface area (Å²) < 4.78 is 1.78. The van der Waals surface area contributed by atoms with Crippen molar-refractivity contribution in [3.8, 4) is 0 Å². The maximum atomic E-state index is 11.9. The van der Waals surface area contributed by atoms with Crippen LogP contribution in [0.15, 0.2) is 32.7 Å². The van der Waals surface area contributed by atoms with Crippen LogP contribution in [0.5, 0.6) is 0 Å². The fourth-order valence-corrected chi connectivity index (χ4v) is 3.17. The second kappa shape index (κ2) is 5.29. The van der Waals surface area contributed by atoms with E-state index in [9.17, 15) is 4.79 Å². The predicted molar refractivity (Wildman–Crippen MR) is 76.6 cm³/mol. The Labute approximate surface area is 120 Å². The average Bonchev–Trinajstić information content (AvgIpc) is 2.59. The van der Waals surface area contributed by atoms with Crippen molar-refractivity contribution in [2.75, 3.05) is 5.32 Å². The minimum absolute atomic E-state index is 0.153. The second-order valence-corrected chi connectivity index (χ2v) is 6.63. The summed E-state index contributed by atoms with van der Waals surface area (Å²) in [5, 5.41) is 2.76. The number of carbonyl (C=O) groups is 1. The van der Waals surface area contributed by atoms with Gasteiger partial charge in [0.25, 0.3) is 5.91 Å². The molecule has 0 aliphatic carbocycles. The number of aromatic nitrogens is 1. The first-order valence-corrected chi connectivity index (χ1v) is 7.15. The van der Waals surface area contributed by atoms with E-state index in [1.54, 1.807) is 12.3 Å². The van der Waals surface area contributed by atoms with Crippen LogP contribution in [0.4, 0.5) is 5.82 Å². The zero-order valence-corrected chi connectivity index (χ0v) is 12.8. The van der Waals surface area contributed by atoms with Crippen molar-refractivity contribution in [1.82, 2.24) is 4.98 Å². The van der Waals surface area contributed by atoms with Gasteiger partial charge in [0.15, 0.2) is 0 Å². The molecule has 0 bridgehead atoms. The van der Waals surface area contributed by atoms with Gasteiger partial charge in [-0.05, 0) is 62.5 Å². The molecular weight excluding hydrogens is 368 g/mol. The molecular formula is C11H8Br2N2OS. The highest BCUT2D eigenvalue weighted by atomic mass is 79.9. The van der Waals surface area contributed by atoms with Crippen LogP contribution in [0.25, 0.3) is 0 Å². The standard InChI is InChI=1S/C11H8Br2N2OS/c1-6-2-3-14-9(4-6)15-11(16)8-5-7(12)10(13)17-8/h2-5H,1H3,(H,14,15,16). The van der Waals surface area contributed by atoms with Gasteiger partial charge in [-0.25, -0.2) is 4.98 Å². The van der Waals surface area contributed by atoms with Gasteiger partial charge in [-0.1, -0.05) is 0 Å². The van der Waals surface area contributed by atoms with Gasteiger partial charge in [-0.2, -0.15) is 0 Å². The highest BCUT2D eigenvalue weighted by Crippen LogP contribution is 2.32. The first-order valence-electron chi connectivity index (χ1n) is 4.75. The lowest BCUT2D eigenvalue weighted by molar-refractivity contribution is 0.103. The minimum atomic E-state index is -0.153. The molecule has 0 saturated carbocycles. The lowest BCUT2D eigenvalue weighted by Crippen LogP contribution is -2.11. The summed E-state index contributed by atoms with van der Waals surface area (Å²) in [4.78, 5) is 16.6. The normalized spacial score (nSPS) is 10.3. The number of hydrogen-bond acceptors (Lipinski definition) is 3. The number of nitrogens with zero attached hydrogens (tertiary/aromatic N) is 1. The van der Waals surface area contributed by atoms with Crippen LogP contribution in [0.2, 0.25) is 0 Å². The topological polar surface area (TPSA) is 42.0 Å². The van der Waals surface area contributed by atoms with E-state index < -0.39 is 0 Å². The molecule has 0 radical (unpaired) electrons. The van der Waals surface area contributed by atoms with Gasteiger partial charge >= 0.3 is 0 Å². The van der Waals surface area contributed by atoms with Crippen LogP contribution >= 0.6 is 43.2 Å².